The van der Waals surface area contributed by atoms with Gasteiger partial charge in [0.2, 0.25) is 0 Å². The molecule has 1 aromatic heterocycles. The molecule has 2 aromatic rings. The second-order valence-corrected chi connectivity index (χ2v) is 6.28. The predicted molar refractivity (Wildman–Crippen MR) is 85.4 cm³/mol. The Balaban J connectivity index is 1.86. The van der Waals surface area contributed by atoms with Crippen LogP contribution in [0.2, 0.25) is 0 Å². The van der Waals surface area contributed by atoms with E-state index in [1.54, 1.807) is 6.92 Å². The van der Waals surface area contributed by atoms with Crippen molar-refractivity contribution in [2.45, 2.75) is 52.1 Å². The Labute approximate surface area is 133 Å². The van der Waals surface area contributed by atoms with E-state index in [4.69, 9.17) is 0 Å². The molecule has 1 unspecified atom stereocenters. The maximum Gasteiger partial charge on any atom is 0.401 e. The highest BCUT2D eigenvalue weighted by Gasteiger charge is 2.27. The summed E-state index contributed by atoms with van der Waals surface area (Å²) in [4.78, 5) is 0. The maximum absolute atomic E-state index is 12.3. The molecule has 1 atom stereocenters. The normalized spacial score (nSPS) is 16.0. The maximum atomic E-state index is 12.3. The largest absolute Gasteiger partial charge is 0.401 e. The number of hydrogen-bond acceptors (Lipinski definition) is 2. The average molecular weight is 325 g/mol. The lowest BCUT2D eigenvalue weighted by Gasteiger charge is -2.15. The molecule has 0 bridgehead atoms. The average Bonchev–Trinajstić information content (AvgIpc) is 3.07. The predicted octanol–water partition coefficient (Wildman–Crippen LogP) is 3.35. The van der Waals surface area contributed by atoms with Crippen LogP contribution in [0.15, 0.2) is 18.3 Å². The van der Waals surface area contributed by atoms with E-state index in [2.05, 4.69) is 40.5 Å². The van der Waals surface area contributed by atoms with Crippen LogP contribution in [0.4, 0.5) is 13.2 Å². The van der Waals surface area contributed by atoms with Crippen molar-refractivity contribution in [3.05, 3.63) is 35.0 Å². The molecular weight excluding hydrogens is 303 g/mol. The third-order valence-corrected chi connectivity index (χ3v) is 4.43. The van der Waals surface area contributed by atoms with Crippen molar-refractivity contribution in [1.82, 2.24) is 15.2 Å². The lowest BCUT2D eigenvalue weighted by Crippen LogP contribution is -2.36. The molecule has 3 rings (SSSR count). The molecule has 3 nitrogen and oxygen atoms in total. The third kappa shape index (κ3) is 3.53. The third-order valence-electron chi connectivity index (χ3n) is 4.43. The number of benzene rings is 1. The molecule has 0 fully saturated rings. The van der Waals surface area contributed by atoms with Crippen molar-refractivity contribution in [3.8, 4) is 0 Å². The molecule has 0 spiro atoms. The molecule has 0 radical (unpaired) electrons. The second kappa shape index (κ2) is 6.17. The fraction of sp³-hybridized carbons (Fsp3) is 0.529. The number of nitrogens with zero attached hydrogens (tertiary/aromatic N) is 1. The van der Waals surface area contributed by atoms with Gasteiger partial charge < -0.3 is 15.2 Å². The first kappa shape index (κ1) is 16.3. The van der Waals surface area contributed by atoms with E-state index in [-0.39, 0.29) is 6.04 Å². The van der Waals surface area contributed by atoms with Crippen LogP contribution in [0, 0.1) is 0 Å². The minimum absolute atomic E-state index is 0.223. The lowest BCUT2D eigenvalue weighted by molar-refractivity contribution is -0.126. The first-order valence-electron chi connectivity index (χ1n) is 8.01. The first-order valence-corrected chi connectivity index (χ1v) is 8.01. The van der Waals surface area contributed by atoms with E-state index in [0.717, 1.165) is 30.6 Å². The molecule has 126 valence electrons. The van der Waals surface area contributed by atoms with Gasteiger partial charge >= 0.3 is 6.18 Å². The number of nitrogens with one attached hydrogen (secondary N) is 2. The Morgan fingerprint density at radius 1 is 1.26 bits per heavy atom. The number of aromatic nitrogens is 1. The Bertz CT molecular complexity index is 703. The highest BCUT2D eigenvalue weighted by molar-refractivity contribution is 5.86. The van der Waals surface area contributed by atoms with Crippen molar-refractivity contribution >= 4 is 10.9 Å². The molecule has 0 aliphatic carbocycles. The Morgan fingerprint density at radius 3 is 2.61 bits per heavy atom. The number of alkyl halides is 3. The first-order chi connectivity index (χ1) is 10.9. The van der Waals surface area contributed by atoms with Crippen LogP contribution in [-0.2, 0) is 26.1 Å². The van der Waals surface area contributed by atoms with Gasteiger partial charge in [-0.15, -0.1) is 0 Å². The van der Waals surface area contributed by atoms with E-state index in [0.29, 0.717) is 6.42 Å². The molecular formula is C17H22F3N3. The van der Waals surface area contributed by atoms with Gasteiger partial charge in [0.15, 0.2) is 0 Å². The highest BCUT2D eigenvalue weighted by Crippen LogP contribution is 2.28. The van der Waals surface area contributed by atoms with Crippen LogP contribution < -0.4 is 10.6 Å². The minimum Gasteiger partial charge on any atom is -0.347 e. The molecule has 6 heteroatoms. The summed E-state index contributed by atoms with van der Waals surface area (Å²) in [5, 5.41) is 7.07. The fourth-order valence-electron chi connectivity index (χ4n) is 3.28. The van der Waals surface area contributed by atoms with Gasteiger partial charge in [-0.3, -0.25) is 0 Å². The van der Waals surface area contributed by atoms with Crippen LogP contribution in [0.25, 0.3) is 10.9 Å². The zero-order valence-electron chi connectivity index (χ0n) is 13.4. The number of aryl methyl sites for hydroxylation is 1. The monoisotopic (exact) mass is 325 g/mol. The van der Waals surface area contributed by atoms with Crippen LogP contribution >= 0.6 is 0 Å². The quantitative estimate of drug-likeness (QED) is 0.883. The Kier molecular flexibility index (Phi) is 4.38. The van der Waals surface area contributed by atoms with Gasteiger partial charge in [-0.25, -0.2) is 0 Å². The summed E-state index contributed by atoms with van der Waals surface area (Å²) >= 11 is 0. The highest BCUT2D eigenvalue weighted by atomic mass is 19.4. The van der Waals surface area contributed by atoms with E-state index in [9.17, 15) is 13.2 Å². The molecule has 2 N–H and O–H groups in total. The van der Waals surface area contributed by atoms with Crippen molar-refractivity contribution in [2.75, 3.05) is 6.54 Å². The Hall–Kier alpha value is -1.53. The molecule has 0 saturated carbocycles. The molecule has 1 aliphatic heterocycles. The summed E-state index contributed by atoms with van der Waals surface area (Å²) in [5.74, 6) is 0. The van der Waals surface area contributed by atoms with Crippen LogP contribution in [0.5, 0.6) is 0 Å². The molecule has 0 saturated heterocycles. The topological polar surface area (TPSA) is 29.0 Å². The van der Waals surface area contributed by atoms with Gasteiger partial charge in [0.1, 0.15) is 0 Å². The van der Waals surface area contributed by atoms with Crippen LogP contribution in [-0.4, -0.2) is 23.3 Å². The van der Waals surface area contributed by atoms with Gasteiger partial charge in [-0.05, 0) is 49.1 Å². The minimum atomic E-state index is -4.17. The van der Waals surface area contributed by atoms with E-state index < -0.39 is 12.7 Å². The van der Waals surface area contributed by atoms with Gasteiger partial charge in [0.05, 0.1) is 6.54 Å². The molecule has 0 amide bonds. The molecule has 2 heterocycles. The van der Waals surface area contributed by atoms with Gasteiger partial charge in [0.25, 0.3) is 0 Å². The van der Waals surface area contributed by atoms with Gasteiger partial charge in [-0.1, -0.05) is 0 Å². The number of rotatable bonds is 5. The van der Waals surface area contributed by atoms with Crippen molar-refractivity contribution in [3.63, 3.8) is 0 Å². The number of halogens is 3. The van der Waals surface area contributed by atoms with Crippen molar-refractivity contribution in [1.29, 1.82) is 0 Å². The van der Waals surface area contributed by atoms with Gasteiger partial charge in [-0.2, -0.15) is 13.2 Å². The standard InChI is InChI=1S/C17H22F3N3/c1-3-23-9-14(4-11(2)22-10-17(18,19)20)15-5-12-7-21-8-13(12)6-16(15)23/h5-6,9,11,21-22H,3-4,7-8,10H2,1-2H3. The summed E-state index contributed by atoms with van der Waals surface area (Å²) in [6, 6.07) is 4.19. The summed E-state index contributed by atoms with van der Waals surface area (Å²) in [5.41, 5.74) is 4.90. The summed E-state index contributed by atoms with van der Waals surface area (Å²) in [6.45, 7) is 5.55. The molecule has 23 heavy (non-hydrogen) atoms. The summed E-state index contributed by atoms with van der Waals surface area (Å²) < 4.78 is 39.2. The smallest absolute Gasteiger partial charge is 0.347 e. The number of hydrogen-bond donors (Lipinski definition) is 2. The van der Waals surface area contributed by atoms with E-state index in [1.165, 1.54) is 16.6 Å². The fourth-order valence-corrected chi connectivity index (χ4v) is 3.28. The number of fused-ring (bicyclic) bond motifs is 2. The summed E-state index contributed by atoms with van der Waals surface area (Å²) in [6.07, 6.45) is -1.50. The second-order valence-electron chi connectivity index (χ2n) is 6.28. The van der Waals surface area contributed by atoms with E-state index >= 15 is 0 Å². The SMILES string of the molecule is CCn1cc(CC(C)NCC(F)(F)F)c2cc3c(cc21)CNC3. The zero-order valence-corrected chi connectivity index (χ0v) is 13.4. The van der Waals surface area contributed by atoms with Crippen molar-refractivity contribution < 1.29 is 13.2 Å². The molecule has 1 aliphatic rings. The van der Waals surface area contributed by atoms with E-state index in [1.807, 2.05) is 0 Å². The van der Waals surface area contributed by atoms with Gasteiger partial charge in [0, 0.05) is 42.8 Å². The van der Waals surface area contributed by atoms with Crippen LogP contribution in [0.1, 0.15) is 30.5 Å². The zero-order chi connectivity index (χ0) is 16.6. The van der Waals surface area contributed by atoms with Crippen LogP contribution in [0.3, 0.4) is 0 Å². The molecule has 1 aromatic carbocycles. The Morgan fingerprint density at radius 2 is 1.96 bits per heavy atom. The lowest BCUT2D eigenvalue weighted by atomic mass is 10.0. The van der Waals surface area contributed by atoms with Crippen molar-refractivity contribution in [2.24, 2.45) is 0 Å². The summed E-state index contributed by atoms with van der Waals surface area (Å²) in [7, 11) is 0.